The monoisotopic (exact) mass is 348 g/mol. The van der Waals surface area contributed by atoms with Gasteiger partial charge < -0.3 is 9.80 Å². The van der Waals surface area contributed by atoms with E-state index in [0.717, 1.165) is 42.4 Å². The van der Waals surface area contributed by atoms with E-state index in [-0.39, 0.29) is 24.8 Å². The lowest BCUT2D eigenvalue weighted by Crippen LogP contribution is -2.59. The third-order valence-corrected chi connectivity index (χ3v) is 6.02. The fourth-order valence-electron chi connectivity index (χ4n) is 4.24. The van der Waals surface area contributed by atoms with Crippen LogP contribution < -0.4 is 9.80 Å². The molecule has 1 aromatic rings. The zero-order chi connectivity index (χ0) is 17.9. The lowest BCUT2D eigenvalue weighted by Gasteiger charge is -2.50. The Balaban J connectivity index is 1.63. The summed E-state index contributed by atoms with van der Waals surface area (Å²) < 4.78 is 26.4. The van der Waals surface area contributed by atoms with E-state index in [4.69, 9.17) is 0 Å². The molecule has 0 spiro atoms. The maximum Gasteiger partial charge on any atom is 0.249 e. The average molecular weight is 348 g/mol. The van der Waals surface area contributed by atoms with Crippen molar-refractivity contribution in [3.63, 3.8) is 0 Å². The molecule has 2 aliphatic heterocycles. The molecule has 4 nitrogen and oxygen atoms in total. The van der Waals surface area contributed by atoms with Gasteiger partial charge in [0.15, 0.2) is 5.82 Å². The summed E-state index contributed by atoms with van der Waals surface area (Å²) in [6, 6.07) is 2.77. The number of nitrogens with zero attached hydrogens (tertiary/aromatic N) is 4. The Kier molecular flexibility index (Phi) is 3.79. The van der Waals surface area contributed by atoms with Crippen molar-refractivity contribution in [1.29, 1.82) is 0 Å². The smallest absolute Gasteiger partial charge is 0.249 e. The van der Waals surface area contributed by atoms with E-state index >= 15 is 0 Å². The quantitative estimate of drug-likeness (QED) is 0.816. The molecule has 1 saturated heterocycles. The first kappa shape index (κ1) is 16.8. The zero-order valence-corrected chi connectivity index (χ0v) is 15.2. The van der Waals surface area contributed by atoms with Gasteiger partial charge in [0.1, 0.15) is 0 Å². The number of halogens is 2. The second-order valence-electron chi connectivity index (χ2n) is 7.92. The standard InChI is InChI=1S/C19H26F2N4/c1-12(2)24-5-6-25-17(11-24)13(3)23(4)16-7-14(10-22-18(16)25)15-8-19(20,21)9-15/h7,10,12,15,17H,3,5-6,8-9,11H2,1-2,4H3/t17-/m1/s1. The normalized spacial score (nSPS) is 26.5. The summed E-state index contributed by atoms with van der Waals surface area (Å²) in [5, 5.41) is 0. The van der Waals surface area contributed by atoms with Crippen LogP contribution >= 0.6 is 0 Å². The number of rotatable bonds is 2. The molecule has 136 valence electrons. The molecule has 1 saturated carbocycles. The summed E-state index contributed by atoms with van der Waals surface area (Å²) in [6.07, 6.45) is 1.67. The molecule has 1 atom stereocenters. The molecule has 3 aliphatic rings. The van der Waals surface area contributed by atoms with E-state index < -0.39 is 5.92 Å². The Morgan fingerprint density at radius 3 is 2.64 bits per heavy atom. The fourth-order valence-corrected chi connectivity index (χ4v) is 4.24. The minimum Gasteiger partial charge on any atom is -0.344 e. The van der Waals surface area contributed by atoms with Gasteiger partial charge in [-0.3, -0.25) is 4.90 Å². The molecule has 0 aromatic carbocycles. The maximum absolute atomic E-state index is 13.2. The van der Waals surface area contributed by atoms with Crippen LogP contribution in [0.3, 0.4) is 0 Å². The van der Waals surface area contributed by atoms with E-state index in [1.807, 2.05) is 13.1 Å². The molecule has 0 N–H and O–H groups in total. The van der Waals surface area contributed by atoms with Gasteiger partial charge >= 0.3 is 0 Å². The molecule has 0 bridgehead atoms. The minimum atomic E-state index is -2.51. The van der Waals surface area contributed by atoms with Crippen molar-refractivity contribution in [2.45, 2.75) is 50.6 Å². The lowest BCUT2D eigenvalue weighted by atomic mass is 9.77. The Hall–Kier alpha value is -1.69. The van der Waals surface area contributed by atoms with Crippen molar-refractivity contribution in [1.82, 2.24) is 9.88 Å². The van der Waals surface area contributed by atoms with Crippen LogP contribution in [0.4, 0.5) is 20.3 Å². The highest BCUT2D eigenvalue weighted by Gasteiger charge is 2.46. The molecule has 1 aromatic heterocycles. The van der Waals surface area contributed by atoms with Gasteiger partial charge in [-0.25, -0.2) is 13.8 Å². The van der Waals surface area contributed by atoms with Crippen molar-refractivity contribution in [2.75, 3.05) is 36.5 Å². The summed E-state index contributed by atoms with van der Waals surface area (Å²) in [7, 11) is 2.01. The Labute approximate surface area is 148 Å². The van der Waals surface area contributed by atoms with Crippen LogP contribution in [0.25, 0.3) is 0 Å². The van der Waals surface area contributed by atoms with Crippen molar-refractivity contribution in [3.8, 4) is 0 Å². The van der Waals surface area contributed by atoms with E-state index in [9.17, 15) is 8.78 Å². The van der Waals surface area contributed by atoms with Gasteiger partial charge in [-0.05, 0) is 31.4 Å². The largest absolute Gasteiger partial charge is 0.344 e. The molecule has 0 radical (unpaired) electrons. The van der Waals surface area contributed by atoms with Gasteiger partial charge in [0, 0.05) is 57.5 Å². The first-order chi connectivity index (χ1) is 11.8. The highest BCUT2D eigenvalue weighted by Crippen LogP contribution is 2.49. The molecule has 0 unspecified atom stereocenters. The van der Waals surface area contributed by atoms with Crippen LogP contribution in [-0.4, -0.2) is 54.6 Å². The number of alkyl halides is 2. The Bertz CT molecular complexity index is 695. The second kappa shape index (κ2) is 5.66. The van der Waals surface area contributed by atoms with Gasteiger partial charge in [0.2, 0.25) is 5.92 Å². The molecule has 6 heteroatoms. The summed E-state index contributed by atoms with van der Waals surface area (Å²) >= 11 is 0. The summed E-state index contributed by atoms with van der Waals surface area (Å²) in [6.45, 7) is 11.6. The van der Waals surface area contributed by atoms with Gasteiger partial charge in [-0.15, -0.1) is 0 Å². The van der Waals surface area contributed by atoms with E-state index in [1.54, 1.807) is 6.20 Å². The van der Waals surface area contributed by atoms with E-state index in [1.165, 1.54) is 0 Å². The van der Waals surface area contributed by atoms with Crippen LogP contribution in [-0.2, 0) is 0 Å². The number of hydrogen-bond donors (Lipinski definition) is 0. The fraction of sp³-hybridized carbons (Fsp3) is 0.632. The highest BCUT2D eigenvalue weighted by molar-refractivity contribution is 5.75. The SMILES string of the molecule is C=C1[C@H]2CN(C(C)C)CCN2c2ncc(C3CC(F)(F)C3)cc2N1C. The van der Waals surface area contributed by atoms with Crippen molar-refractivity contribution in [3.05, 3.63) is 30.1 Å². The van der Waals surface area contributed by atoms with Gasteiger partial charge in [-0.2, -0.15) is 0 Å². The second-order valence-corrected chi connectivity index (χ2v) is 7.92. The number of hydrogen-bond acceptors (Lipinski definition) is 4. The van der Waals surface area contributed by atoms with Gasteiger partial charge in [0.05, 0.1) is 11.7 Å². The predicted octanol–water partition coefficient (Wildman–Crippen LogP) is 3.46. The summed E-state index contributed by atoms with van der Waals surface area (Å²) in [4.78, 5) is 11.6. The van der Waals surface area contributed by atoms with Crippen molar-refractivity contribution in [2.24, 2.45) is 0 Å². The van der Waals surface area contributed by atoms with Crippen LogP contribution in [0.1, 0.15) is 38.2 Å². The van der Waals surface area contributed by atoms with Crippen molar-refractivity contribution < 1.29 is 8.78 Å². The molecular formula is C19H26F2N4. The number of fused-ring (bicyclic) bond motifs is 3. The molecule has 3 heterocycles. The van der Waals surface area contributed by atoms with Crippen LogP contribution in [0.5, 0.6) is 0 Å². The molecule has 25 heavy (non-hydrogen) atoms. The van der Waals surface area contributed by atoms with Crippen LogP contribution in [0.15, 0.2) is 24.5 Å². The van der Waals surface area contributed by atoms with Gasteiger partial charge in [0.25, 0.3) is 0 Å². The Morgan fingerprint density at radius 2 is 2.00 bits per heavy atom. The number of anilines is 2. The topological polar surface area (TPSA) is 22.6 Å². The average Bonchev–Trinajstić information content (AvgIpc) is 2.56. The first-order valence-corrected chi connectivity index (χ1v) is 9.08. The third-order valence-electron chi connectivity index (χ3n) is 6.02. The number of pyridine rings is 1. The third kappa shape index (κ3) is 2.71. The zero-order valence-electron chi connectivity index (χ0n) is 15.2. The predicted molar refractivity (Wildman–Crippen MR) is 96.5 cm³/mol. The van der Waals surface area contributed by atoms with Crippen molar-refractivity contribution >= 4 is 11.5 Å². The Morgan fingerprint density at radius 1 is 1.28 bits per heavy atom. The minimum absolute atomic E-state index is 0.0617. The van der Waals surface area contributed by atoms with E-state index in [2.05, 4.69) is 40.1 Å². The molecule has 1 aliphatic carbocycles. The summed E-state index contributed by atoms with van der Waals surface area (Å²) in [5.41, 5.74) is 2.96. The molecule has 0 amide bonds. The molecule has 2 fully saturated rings. The lowest BCUT2D eigenvalue weighted by molar-refractivity contribution is -0.0868. The van der Waals surface area contributed by atoms with Crippen LogP contribution in [0, 0.1) is 0 Å². The molecule has 4 rings (SSSR count). The molecular weight excluding hydrogens is 322 g/mol. The van der Waals surface area contributed by atoms with E-state index in [0.29, 0.717) is 6.04 Å². The first-order valence-electron chi connectivity index (χ1n) is 9.08. The number of likely N-dealkylation sites (N-methyl/N-ethyl adjacent to an activating group) is 1. The van der Waals surface area contributed by atoms with Gasteiger partial charge in [-0.1, -0.05) is 6.58 Å². The van der Waals surface area contributed by atoms with Crippen LogP contribution in [0.2, 0.25) is 0 Å². The summed E-state index contributed by atoms with van der Waals surface area (Å²) in [5.74, 6) is -1.63. The number of piperazine rings is 1. The maximum atomic E-state index is 13.2. The highest BCUT2D eigenvalue weighted by atomic mass is 19.3. The number of aromatic nitrogens is 1.